The van der Waals surface area contributed by atoms with Crippen LogP contribution in [0.3, 0.4) is 0 Å². The summed E-state index contributed by atoms with van der Waals surface area (Å²) >= 11 is 0. The molecule has 2 aromatic rings. The van der Waals surface area contributed by atoms with Gasteiger partial charge in [-0.05, 0) is 37.4 Å². The molecule has 0 saturated carbocycles. The van der Waals surface area contributed by atoms with Crippen molar-refractivity contribution in [3.8, 4) is 0 Å². The van der Waals surface area contributed by atoms with Crippen molar-refractivity contribution in [2.75, 3.05) is 6.54 Å². The standard InChI is InChI=1S/C16H19N3O3.ClH/c1-11-5-2-3-6-12(11)9-14-17-15(22-18-14)10-19-8-4-7-13(19)16(20)21;/h2-3,5-6,13H,4,7-10H2,1H3,(H,20,21);1H/t13-;/m1./s1. The summed E-state index contributed by atoms with van der Waals surface area (Å²) in [4.78, 5) is 17.5. The summed E-state index contributed by atoms with van der Waals surface area (Å²) in [6, 6.07) is 7.65. The molecule has 1 N–H and O–H groups in total. The third-order valence-corrected chi connectivity index (χ3v) is 4.11. The number of rotatable bonds is 5. The van der Waals surface area contributed by atoms with E-state index < -0.39 is 12.0 Å². The van der Waals surface area contributed by atoms with E-state index in [1.165, 1.54) is 11.1 Å². The Balaban J connectivity index is 0.00000192. The second kappa shape index (κ2) is 7.57. The van der Waals surface area contributed by atoms with Crippen LogP contribution in [0.1, 0.15) is 35.7 Å². The Morgan fingerprint density at radius 3 is 2.96 bits per heavy atom. The topological polar surface area (TPSA) is 79.5 Å². The molecule has 0 aliphatic carbocycles. The number of aliphatic carboxylic acids is 1. The predicted octanol–water partition coefficient (Wildman–Crippen LogP) is 2.44. The lowest BCUT2D eigenvalue weighted by Crippen LogP contribution is -2.35. The normalized spacial score (nSPS) is 17.9. The molecule has 0 radical (unpaired) electrons. The van der Waals surface area contributed by atoms with Gasteiger partial charge in [0.15, 0.2) is 5.82 Å². The highest BCUT2D eigenvalue weighted by Crippen LogP contribution is 2.20. The van der Waals surface area contributed by atoms with Gasteiger partial charge in [0.05, 0.1) is 6.54 Å². The Morgan fingerprint density at radius 1 is 1.43 bits per heavy atom. The first kappa shape index (κ1) is 17.4. The number of hydrogen-bond donors (Lipinski definition) is 1. The summed E-state index contributed by atoms with van der Waals surface area (Å²) in [5.74, 6) is 0.337. The van der Waals surface area contributed by atoms with Crippen molar-refractivity contribution in [3.05, 3.63) is 47.1 Å². The van der Waals surface area contributed by atoms with Crippen LogP contribution in [0.5, 0.6) is 0 Å². The first-order valence-electron chi connectivity index (χ1n) is 7.46. The number of carboxylic acid groups (broad SMARTS) is 1. The molecule has 0 amide bonds. The van der Waals surface area contributed by atoms with Crippen LogP contribution in [-0.4, -0.2) is 38.7 Å². The molecule has 6 nitrogen and oxygen atoms in total. The number of halogens is 1. The van der Waals surface area contributed by atoms with E-state index in [9.17, 15) is 9.90 Å². The van der Waals surface area contributed by atoms with E-state index in [-0.39, 0.29) is 12.4 Å². The van der Waals surface area contributed by atoms with Gasteiger partial charge >= 0.3 is 5.97 Å². The number of carboxylic acids is 1. The molecule has 2 heterocycles. The lowest BCUT2D eigenvalue weighted by atomic mass is 10.1. The van der Waals surface area contributed by atoms with Gasteiger partial charge in [0, 0.05) is 6.42 Å². The summed E-state index contributed by atoms with van der Waals surface area (Å²) in [6.45, 7) is 3.21. The Hall–Kier alpha value is -1.92. The van der Waals surface area contributed by atoms with Crippen LogP contribution in [0.4, 0.5) is 0 Å². The molecule has 1 aromatic carbocycles. The van der Waals surface area contributed by atoms with E-state index >= 15 is 0 Å². The van der Waals surface area contributed by atoms with Gasteiger partial charge in [-0.2, -0.15) is 4.98 Å². The molecule has 7 heteroatoms. The molecule has 1 fully saturated rings. The van der Waals surface area contributed by atoms with Crippen LogP contribution in [0.2, 0.25) is 0 Å². The maximum absolute atomic E-state index is 11.2. The molecule has 3 rings (SSSR count). The van der Waals surface area contributed by atoms with Crippen molar-refractivity contribution in [2.24, 2.45) is 0 Å². The SMILES string of the molecule is Cc1ccccc1Cc1noc(CN2CCC[C@@H]2C(=O)O)n1.Cl. The van der Waals surface area contributed by atoms with Crippen molar-refractivity contribution in [2.45, 2.75) is 38.8 Å². The molecular weight excluding hydrogens is 318 g/mol. The maximum atomic E-state index is 11.2. The lowest BCUT2D eigenvalue weighted by Gasteiger charge is -2.18. The molecule has 23 heavy (non-hydrogen) atoms. The highest BCUT2D eigenvalue weighted by molar-refractivity contribution is 5.85. The van der Waals surface area contributed by atoms with Gasteiger partial charge in [-0.25, -0.2) is 0 Å². The fourth-order valence-electron chi connectivity index (χ4n) is 2.87. The van der Waals surface area contributed by atoms with Gasteiger partial charge in [0.2, 0.25) is 5.89 Å². The van der Waals surface area contributed by atoms with E-state index in [1.54, 1.807) is 0 Å². The van der Waals surface area contributed by atoms with Crippen LogP contribution in [-0.2, 0) is 17.8 Å². The van der Waals surface area contributed by atoms with Crippen molar-refractivity contribution in [1.29, 1.82) is 0 Å². The first-order chi connectivity index (χ1) is 10.6. The van der Waals surface area contributed by atoms with Crippen LogP contribution >= 0.6 is 12.4 Å². The van der Waals surface area contributed by atoms with Crippen molar-refractivity contribution < 1.29 is 14.4 Å². The van der Waals surface area contributed by atoms with Gasteiger partial charge in [-0.1, -0.05) is 29.4 Å². The van der Waals surface area contributed by atoms with Gasteiger partial charge in [0.25, 0.3) is 0 Å². The van der Waals surface area contributed by atoms with Crippen LogP contribution < -0.4 is 0 Å². The highest BCUT2D eigenvalue weighted by atomic mass is 35.5. The molecule has 0 bridgehead atoms. The molecule has 0 unspecified atom stereocenters. The summed E-state index contributed by atoms with van der Waals surface area (Å²) in [5, 5.41) is 13.2. The van der Waals surface area contributed by atoms with Gasteiger partial charge in [-0.3, -0.25) is 9.69 Å². The van der Waals surface area contributed by atoms with E-state index in [0.29, 0.717) is 31.1 Å². The lowest BCUT2D eigenvalue weighted by molar-refractivity contribution is -0.142. The quantitative estimate of drug-likeness (QED) is 0.902. The van der Waals surface area contributed by atoms with Gasteiger partial charge in [0.1, 0.15) is 6.04 Å². The molecule has 1 saturated heterocycles. The monoisotopic (exact) mass is 337 g/mol. The molecule has 0 spiro atoms. The summed E-state index contributed by atoms with van der Waals surface area (Å²) in [5.41, 5.74) is 2.36. The van der Waals surface area contributed by atoms with Crippen molar-refractivity contribution in [3.63, 3.8) is 0 Å². The third kappa shape index (κ3) is 4.09. The minimum absolute atomic E-state index is 0. The van der Waals surface area contributed by atoms with Crippen molar-refractivity contribution >= 4 is 18.4 Å². The fourth-order valence-corrected chi connectivity index (χ4v) is 2.87. The Morgan fingerprint density at radius 2 is 2.22 bits per heavy atom. The number of carbonyl (C=O) groups is 1. The van der Waals surface area contributed by atoms with E-state index in [2.05, 4.69) is 23.1 Å². The molecule has 1 atom stereocenters. The number of likely N-dealkylation sites (tertiary alicyclic amines) is 1. The van der Waals surface area contributed by atoms with Crippen LogP contribution in [0.25, 0.3) is 0 Å². The predicted molar refractivity (Wildman–Crippen MR) is 86.6 cm³/mol. The number of aromatic nitrogens is 2. The highest BCUT2D eigenvalue weighted by Gasteiger charge is 2.31. The van der Waals surface area contributed by atoms with E-state index in [0.717, 1.165) is 13.0 Å². The van der Waals surface area contributed by atoms with Gasteiger partial charge in [-0.15, -0.1) is 12.4 Å². The second-order valence-electron chi connectivity index (χ2n) is 5.67. The minimum Gasteiger partial charge on any atom is -0.480 e. The van der Waals surface area contributed by atoms with Gasteiger partial charge < -0.3 is 9.63 Å². The van der Waals surface area contributed by atoms with Crippen LogP contribution in [0, 0.1) is 6.92 Å². The number of aryl methyl sites for hydroxylation is 1. The fraction of sp³-hybridized carbons (Fsp3) is 0.438. The summed E-state index contributed by atoms with van der Waals surface area (Å²) in [7, 11) is 0. The third-order valence-electron chi connectivity index (χ3n) is 4.11. The Labute approximate surface area is 140 Å². The molecule has 1 aliphatic heterocycles. The second-order valence-corrected chi connectivity index (χ2v) is 5.67. The van der Waals surface area contributed by atoms with Crippen molar-refractivity contribution in [1.82, 2.24) is 15.0 Å². The summed E-state index contributed by atoms with van der Waals surface area (Å²) in [6.07, 6.45) is 2.19. The number of hydrogen-bond acceptors (Lipinski definition) is 5. The van der Waals surface area contributed by atoms with E-state index in [1.807, 2.05) is 23.1 Å². The average Bonchev–Trinajstić information content (AvgIpc) is 3.11. The molecule has 1 aliphatic rings. The molecule has 1 aromatic heterocycles. The average molecular weight is 338 g/mol. The minimum atomic E-state index is -0.780. The maximum Gasteiger partial charge on any atom is 0.320 e. The number of benzene rings is 1. The zero-order valence-corrected chi connectivity index (χ0v) is 13.8. The smallest absolute Gasteiger partial charge is 0.320 e. The zero-order valence-electron chi connectivity index (χ0n) is 12.9. The van der Waals surface area contributed by atoms with Crippen LogP contribution in [0.15, 0.2) is 28.8 Å². The largest absolute Gasteiger partial charge is 0.480 e. The zero-order chi connectivity index (χ0) is 15.5. The molecular formula is C16H20ClN3O3. The Kier molecular flexibility index (Phi) is 5.74. The molecule has 124 valence electrons. The Bertz CT molecular complexity index is 674. The van der Waals surface area contributed by atoms with E-state index in [4.69, 9.17) is 4.52 Å². The summed E-state index contributed by atoms with van der Waals surface area (Å²) < 4.78 is 5.27. The number of nitrogens with zero attached hydrogens (tertiary/aromatic N) is 3. The first-order valence-corrected chi connectivity index (χ1v) is 7.46.